The lowest BCUT2D eigenvalue weighted by Crippen LogP contribution is -1.96. The van der Waals surface area contributed by atoms with Crippen LogP contribution in [0.2, 0.25) is 0 Å². The van der Waals surface area contributed by atoms with Crippen molar-refractivity contribution in [2.24, 2.45) is 0 Å². The van der Waals surface area contributed by atoms with Crippen LogP contribution in [0, 0.1) is 27.8 Å². The second-order valence-corrected chi connectivity index (χ2v) is 4.92. The van der Waals surface area contributed by atoms with E-state index in [0.717, 1.165) is 22.6 Å². The van der Waals surface area contributed by atoms with Crippen LogP contribution in [-0.4, -0.2) is 16.6 Å². The highest BCUT2D eigenvalue weighted by molar-refractivity contribution is 7.10. The van der Waals surface area contributed by atoms with Crippen molar-refractivity contribution in [2.45, 2.75) is 6.61 Å². The van der Waals surface area contributed by atoms with Crippen molar-refractivity contribution >= 4 is 17.0 Å². The molecule has 108 valence electrons. The molecule has 0 unspecified atom stereocenters. The molecule has 0 aliphatic heterocycles. The molecule has 0 aliphatic carbocycles. The molecule has 0 bridgehead atoms. The number of thiophene rings is 1. The Balaban J connectivity index is 2.01. The van der Waals surface area contributed by atoms with Gasteiger partial charge < -0.3 is 9.84 Å². The van der Waals surface area contributed by atoms with Crippen molar-refractivity contribution in [3.05, 3.63) is 56.0 Å². The molecule has 5 nitrogen and oxygen atoms in total. The van der Waals surface area contributed by atoms with Crippen LogP contribution in [0.3, 0.4) is 0 Å². The first-order valence-electron chi connectivity index (χ1n) is 5.84. The second-order valence-electron chi connectivity index (χ2n) is 3.92. The summed E-state index contributed by atoms with van der Waals surface area (Å²) in [6.07, 6.45) is 0. The van der Waals surface area contributed by atoms with Crippen molar-refractivity contribution in [1.82, 2.24) is 0 Å². The standard InChI is InChI=1S/C14H10FNO4S/c15-13-7-11(3-4-14(13)16(18)19)20-8-12-6-10(9-21-12)2-1-5-17/h3-4,6-7,9,17H,5,8H2. The van der Waals surface area contributed by atoms with Gasteiger partial charge in [-0.1, -0.05) is 11.8 Å². The molecule has 1 N–H and O–H groups in total. The molecule has 2 rings (SSSR count). The SMILES string of the molecule is O=[N+]([O-])c1ccc(OCc2cc(C#CCO)cs2)cc1F. The van der Waals surface area contributed by atoms with Gasteiger partial charge in [0, 0.05) is 28.0 Å². The van der Waals surface area contributed by atoms with Gasteiger partial charge in [0.05, 0.1) is 4.92 Å². The van der Waals surface area contributed by atoms with Gasteiger partial charge in [-0.05, 0) is 12.1 Å². The van der Waals surface area contributed by atoms with Gasteiger partial charge in [0.15, 0.2) is 0 Å². The van der Waals surface area contributed by atoms with Gasteiger partial charge in [0.1, 0.15) is 19.0 Å². The Hall–Kier alpha value is -2.43. The van der Waals surface area contributed by atoms with Crippen molar-refractivity contribution in [3.8, 4) is 17.6 Å². The van der Waals surface area contributed by atoms with E-state index < -0.39 is 16.4 Å². The minimum atomic E-state index is -0.932. The van der Waals surface area contributed by atoms with Crippen LogP contribution in [0.5, 0.6) is 5.75 Å². The van der Waals surface area contributed by atoms with Crippen LogP contribution in [0.25, 0.3) is 0 Å². The largest absolute Gasteiger partial charge is 0.488 e. The number of benzene rings is 1. The number of nitro benzene ring substituents is 1. The lowest BCUT2D eigenvalue weighted by molar-refractivity contribution is -0.387. The molecule has 0 aliphatic rings. The van der Waals surface area contributed by atoms with Gasteiger partial charge in [-0.3, -0.25) is 10.1 Å². The van der Waals surface area contributed by atoms with E-state index in [4.69, 9.17) is 9.84 Å². The molecule has 0 saturated heterocycles. The summed E-state index contributed by atoms with van der Waals surface area (Å²) >= 11 is 1.42. The first-order valence-corrected chi connectivity index (χ1v) is 6.72. The highest BCUT2D eigenvalue weighted by Crippen LogP contribution is 2.24. The Morgan fingerprint density at radius 3 is 2.90 bits per heavy atom. The molecule has 0 radical (unpaired) electrons. The molecule has 1 heterocycles. The maximum atomic E-state index is 13.4. The molecule has 0 spiro atoms. The normalized spacial score (nSPS) is 9.81. The van der Waals surface area contributed by atoms with E-state index in [1.165, 1.54) is 17.4 Å². The van der Waals surface area contributed by atoms with E-state index in [0.29, 0.717) is 0 Å². The summed E-state index contributed by atoms with van der Waals surface area (Å²) in [5.41, 5.74) is 0.183. The smallest absolute Gasteiger partial charge is 0.305 e. The molecule has 0 saturated carbocycles. The zero-order valence-electron chi connectivity index (χ0n) is 10.7. The molecule has 1 aromatic carbocycles. The van der Waals surface area contributed by atoms with Gasteiger partial charge in [-0.15, -0.1) is 11.3 Å². The minimum Gasteiger partial charge on any atom is -0.488 e. The number of hydrogen-bond acceptors (Lipinski definition) is 5. The quantitative estimate of drug-likeness (QED) is 0.535. The Kier molecular flexibility index (Phi) is 4.87. The summed E-state index contributed by atoms with van der Waals surface area (Å²) in [6.45, 7) is 0.00642. The monoisotopic (exact) mass is 307 g/mol. The first-order chi connectivity index (χ1) is 10.1. The van der Waals surface area contributed by atoms with Crippen LogP contribution >= 0.6 is 11.3 Å². The number of aliphatic hydroxyl groups excluding tert-OH is 1. The summed E-state index contributed by atoms with van der Waals surface area (Å²) in [4.78, 5) is 10.6. The average Bonchev–Trinajstić information content (AvgIpc) is 2.90. The van der Waals surface area contributed by atoms with E-state index >= 15 is 0 Å². The first kappa shape index (κ1) is 15.0. The van der Waals surface area contributed by atoms with E-state index in [2.05, 4.69) is 11.8 Å². The van der Waals surface area contributed by atoms with Gasteiger partial charge >= 0.3 is 5.69 Å². The molecule has 0 fully saturated rings. The third kappa shape index (κ3) is 4.02. The highest BCUT2D eigenvalue weighted by Gasteiger charge is 2.14. The Morgan fingerprint density at radius 1 is 1.43 bits per heavy atom. The van der Waals surface area contributed by atoms with Crippen molar-refractivity contribution in [3.63, 3.8) is 0 Å². The van der Waals surface area contributed by atoms with Crippen LogP contribution in [0.1, 0.15) is 10.4 Å². The summed E-state index contributed by atoms with van der Waals surface area (Å²) < 4.78 is 18.8. The number of nitro groups is 1. The minimum absolute atomic E-state index is 0.205. The van der Waals surface area contributed by atoms with Crippen molar-refractivity contribution in [2.75, 3.05) is 6.61 Å². The maximum Gasteiger partial charge on any atom is 0.305 e. The topological polar surface area (TPSA) is 72.6 Å². The number of halogens is 1. The van der Waals surface area contributed by atoms with Gasteiger partial charge in [0.2, 0.25) is 5.82 Å². The van der Waals surface area contributed by atoms with E-state index in [-0.39, 0.29) is 19.0 Å². The lowest BCUT2D eigenvalue weighted by Gasteiger charge is -2.04. The number of hydrogen-bond donors (Lipinski definition) is 1. The molecule has 7 heteroatoms. The zero-order chi connectivity index (χ0) is 15.2. The summed E-state index contributed by atoms with van der Waals surface area (Å²) in [6, 6.07) is 5.20. The number of ether oxygens (including phenoxy) is 1. The zero-order valence-corrected chi connectivity index (χ0v) is 11.5. The number of aliphatic hydroxyl groups is 1. The van der Waals surface area contributed by atoms with Crippen LogP contribution in [-0.2, 0) is 6.61 Å². The Morgan fingerprint density at radius 2 is 2.24 bits per heavy atom. The predicted octanol–water partition coefficient (Wildman–Crippen LogP) is 2.72. The van der Waals surface area contributed by atoms with E-state index in [1.54, 1.807) is 6.07 Å². The summed E-state index contributed by atoms with van der Waals surface area (Å²) in [7, 11) is 0. The van der Waals surface area contributed by atoms with Gasteiger partial charge in [-0.2, -0.15) is 4.39 Å². The number of rotatable bonds is 4. The molecule has 0 atom stereocenters. The van der Waals surface area contributed by atoms with Gasteiger partial charge in [-0.25, -0.2) is 0 Å². The third-order valence-electron chi connectivity index (χ3n) is 2.46. The fourth-order valence-electron chi connectivity index (χ4n) is 1.54. The van der Waals surface area contributed by atoms with Crippen LogP contribution in [0.4, 0.5) is 10.1 Å². The fraction of sp³-hybridized carbons (Fsp3) is 0.143. The molecular formula is C14H10FNO4S. The van der Waals surface area contributed by atoms with Gasteiger partial charge in [0.25, 0.3) is 0 Å². The van der Waals surface area contributed by atoms with E-state index in [1.807, 2.05) is 5.38 Å². The fourth-order valence-corrected chi connectivity index (χ4v) is 2.27. The molecular weight excluding hydrogens is 297 g/mol. The molecule has 2 aromatic rings. The summed E-state index contributed by atoms with van der Waals surface area (Å²) in [5, 5.41) is 20.9. The highest BCUT2D eigenvalue weighted by atomic mass is 32.1. The average molecular weight is 307 g/mol. The predicted molar refractivity (Wildman–Crippen MR) is 75.7 cm³/mol. The molecule has 1 aromatic heterocycles. The third-order valence-corrected chi connectivity index (χ3v) is 3.37. The second kappa shape index (κ2) is 6.83. The molecule has 0 amide bonds. The Labute approximate surface area is 123 Å². The number of nitrogens with zero attached hydrogens (tertiary/aromatic N) is 1. The Bertz CT molecular complexity index is 717. The maximum absolute atomic E-state index is 13.4. The van der Waals surface area contributed by atoms with Crippen molar-refractivity contribution in [1.29, 1.82) is 0 Å². The lowest BCUT2D eigenvalue weighted by atomic mass is 10.3. The van der Waals surface area contributed by atoms with Crippen LogP contribution in [0.15, 0.2) is 29.6 Å². The van der Waals surface area contributed by atoms with Crippen LogP contribution < -0.4 is 4.74 Å². The van der Waals surface area contributed by atoms with E-state index in [9.17, 15) is 14.5 Å². The molecule has 21 heavy (non-hydrogen) atoms. The summed E-state index contributed by atoms with van der Waals surface area (Å²) in [5.74, 6) is 4.58. The van der Waals surface area contributed by atoms with Crippen molar-refractivity contribution < 1.29 is 19.2 Å².